The van der Waals surface area contributed by atoms with Crippen LogP contribution in [0.1, 0.15) is 41.4 Å². The van der Waals surface area contributed by atoms with Crippen LogP contribution >= 0.6 is 0 Å². The molecular formula is C27H27N5O. The third kappa shape index (κ3) is 4.70. The van der Waals surface area contributed by atoms with Gasteiger partial charge in [-0.15, -0.1) is 5.10 Å². The lowest BCUT2D eigenvalue weighted by Gasteiger charge is -2.33. The Morgan fingerprint density at radius 1 is 0.939 bits per heavy atom. The molecule has 0 unspecified atom stereocenters. The number of benzene rings is 2. The fourth-order valence-electron chi connectivity index (χ4n) is 4.43. The topological polar surface area (TPSA) is 71.0 Å². The molecule has 166 valence electrons. The zero-order valence-electron chi connectivity index (χ0n) is 18.7. The number of hydrogen-bond acceptors (Lipinski definition) is 6. The Bertz CT molecular complexity index is 1250. The minimum Gasteiger partial charge on any atom is -0.367 e. The highest BCUT2D eigenvalue weighted by Gasteiger charge is 2.23. The highest BCUT2D eigenvalue weighted by molar-refractivity contribution is 5.94. The van der Waals surface area contributed by atoms with Crippen LogP contribution in [0.25, 0.3) is 10.8 Å². The lowest BCUT2D eigenvalue weighted by atomic mass is 10.0. The first-order valence-electron chi connectivity index (χ1n) is 11.4. The number of Topliss-reactive ketones (excluding diaryl/α,β-unsaturated/α-hetero) is 1. The number of fused-ring (bicyclic) bond motifs is 1. The van der Waals surface area contributed by atoms with Crippen molar-refractivity contribution in [2.24, 2.45) is 0 Å². The van der Waals surface area contributed by atoms with Gasteiger partial charge in [0.25, 0.3) is 0 Å². The number of carbonyl (C=O) groups excluding carboxylic acids is 1. The van der Waals surface area contributed by atoms with Crippen LogP contribution in [0.3, 0.4) is 0 Å². The van der Waals surface area contributed by atoms with Gasteiger partial charge in [-0.25, -0.2) is 4.98 Å². The molecule has 0 bridgehead atoms. The van der Waals surface area contributed by atoms with E-state index in [0.717, 1.165) is 55.1 Å². The molecule has 0 radical (unpaired) electrons. The number of carbonyl (C=O) groups is 1. The molecule has 1 aliphatic heterocycles. The molecule has 0 saturated carbocycles. The van der Waals surface area contributed by atoms with Gasteiger partial charge in [-0.2, -0.15) is 5.10 Å². The molecule has 1 N–H and O–H groups in total. The van der Waals surface area contributed by atoms with Crippen LogP contribution in [0.5, 0.6) is 0 Å². The summed E-state index contributed by atoms with van der Waals surface area (Å²) >= 11 is 0. The first-order chi connectivity index (χ1) is 16.2. The molecule has 2 aromatic carbocycles. The Morgan fingerprint density at radius 2 is 1.67 bits per heavy atom. The van der Waals surface area contributed by atoms with Gasteiger partial charge in [-0.3, -0.25) is 4.79 Å². The van der Waals surface area contributed by atoms with E-state index in [9.17, 15) is 4.79 Å². The predicted molar refractivity (Wildman–Crippen MR) is 132 cm³/mol. The lowest BCUT2D eigenvalue weighted by Crippen LogP contribution is -2.39. The van der Waals surface area contributed by atoms with Crippen LogP contribution in [0.15, 0.2) is 72.9 Å². The smallest absolute Gasteiger partial charge is 0.161 e. The lowest BCUT2D eigenvalue weighted by molar-refractivity contribution is 0.101. The maximum absolute atomic E-state index is 11.4. The summed E-state index contributed by atoms with van der Waals surface area (Å²) in [6, 6.07) is 22.9. The van der Waals surface area contributed by atoms with Crippen LogP contribution in [-0.2, 0) is 6.42 Å². The van der Waals surface area contributed by atoms with Crippen molar-refractivity contribution in [2.75, 3.05) is 23.3 Å². The fraction of sp³-hybridized carbons (Fsp3) is 0.259. The normalized spacial score (nSPS) is 14.4. The molecule has 1 aliphatic rings. The number of piperidine rings is 1. The molecule has 1 saturated heterocycles. The Labute approximate surface area is 193 Å². The first-order valence-corrected chi connectivity index (χ1v) is 11.4. The van der Waals surface area contributed by atoms with Crippen LogP contribution in [-0.4, -0.2) is 40.1 Å². The average Bonchev–Trinajstić information content (AvgIpc) is 2.86. The van der Waals surface area contributed by atoms with E-state index in [-0.39, 0.29) is 5.78 Å². The Kier molecular flexibility index (Phi) is 5.98. The van der Waals surface area contributed by atoms with Crippen molar-refractivity contribution in [2.45, 2.75) is 32.2 Å². The zero-order valence-corrected chi connectivity index (χ0v) is 18.7. The summed E-state index contributed by atoms with van der Waals surface area (Å²) < 4.78 is 0. The van der Waals surface area contributed by atoms with Crippen molar-refractivity contribution in [3.05, 3.63) is 89.7 Å². The molecule has 0 aliphatic carbocycles. The van der Waals surface area contributed by atoms with Gasteiger partial charge in [0.2, 0.25) is 0 Å². The maximum atomic E-state index is 11.4. The molecular weight excluding hydrogens is 410 g/mol. The third-order valence-corrected chi connectivity index (χ3v) is 6.28. The van der Waals surface area contributed by atoms with Gasteiger partial charge in [0.05, 0.1) is 5.69 Å². The van der Waals surface area contributed by atoms with Crippen LogP contribution < -0.4 is 10.2 Å². The summed E-state index contributed by atoms with van der Waals surface area (Å²) in [4.78, 5) is 18.2. The van der Waals surface area contributed by atoms with E-state index in [2.05, 4.69) is 73.9 Å². The second-order valence-electron chi connectivity index (χ2n) is 8.57. The van der Waals surface area contributed by atoms with Gasteiger partial charge >= 0.3 is 0 Å². The highest BCUT2D eigenvalue weighted by atomic mass is 16.1. The minimum atomic E-state index is 0.0329. The van der Waals surface area contributed by atoms with Gasteiger partial charge in [0.1, 0.15) is 5.82 Å². The zero-order chi connectivity index (χ0) is 22.6. The van der Waals surface area contributed by atoms with E-state index in [1.54, 1.807) is 13.1 Å². The molecule has 2 aromatic heterocycles. The second-order valence-corrected chi connectivity index (χ2v) is 8.57. The molecule has 0 spiro atoms. The summed E-state index contributed by atoms with van der Waals surface area (Å²) in [6.07, 6.45) is 4.38. The van der Waals surface area contributed by atoms with E-state index in [1.165, 1.54) is 10.9 Å². The summed E-state index contributed by atoms with van der Waals surface area (Å²) in [6.45, 7) is 3.36. The van der Waals surface area contributed by atoms with Gasteiger partial charge in [-0.1, -0.05) is 54.6 Å². The molecule has 6 nitrogen and oxygen atoms in total. The van der Waals surface area contributed by atoms with Crippen molar-refractivity contribution >= 4 is 28.2 Å². The predicted octanol–water partition coefficient (Wildman–Crippen LogP) is 4.90. The summed E-state index contributed by atoms with van der Waals surface area (Å²) in [5, 5.41) is 15.1. The van der Waals surface area contributed by atoms with E-state index >= 15 is 0 Å². The third-order valence-electron chi connectivity index (χ3n) is 6.28. The summed E-state index contributed by atoms with van der Waals surface area (Å²) in [5.41, 5.74) is 2.88. The standard InChI is InChI=1S/C27H27N5O/c1-19(33)21-11-12-26(28-18-21)29-22-13-15-32(16-14-22)27-24-10-6-5-9-23(24)25(30-31-27)17-20-7-3-2-4-8-20/h2-12,18,22H,13-17H2,1H3,(H,28,29). The van der Waals surface area contributed by atoms with Crippen molar-refractivity contribution in [3.8, 4) is 0 Å². The van der Waals surface area contributed by atoms with E-state index in [0.29, 0.717) is 11.6 Å². The van der Waals surface area contributed by atoms with Crippen molar-refractivity contribution < 1.29 is 4.79 Å². The van der Waals surface area contributed by atoms with Crippen molar-refractivity contribution in [1.82, 2.24) is 15.2 Å². The number of rotatable bonds is 6. The number of nitrogens with zero attached hydrogens (tertiary/aromatic N) is 4. The summed E-state index contributed by atoms with van der Waals surface area (Å²) in [5.74, 6) is 1.81. The van der Waals surface area contributed by atoms with E-state index in [1.807, 2.05) is 18.2 Å². The van der Waals surface area contributed by atoms with Gasteiger partial charge < -0.3 is 10.2 Å². The van der Waals surface area contributed by atoms with E-state index < -0.39 is 0 Å². The second kappa shape index (κ2) is 9.36. The van der Waals surface area contributed by atoms with Crippen LogP contribution in [0.4, 0.5) is 11.6 Å². The van der Waals surface area contributed by atoms with Crippen molar-refractivity contribution in [3.63, 3.8) is 0 Å². The fourth-order valence-corrected chi connectivity index (χ4v) is 4.43. The van der Waals surface area contributed by atoms with Crippen LogP contribution in [0, 0.1) is 0 Å². The largest absolute Gasteiger partial charge is 0.367 e. The quantitative estimate of drug-likeness (QED) is 0.433. The monoisotopic (exact) mass is 437 g/mol. The minimum absolute atomic E-state index is 0.0329. The average molecular weight is 438 g/mol. The van der Waals surface area contributed by atoms with Gasteiger partial charge in [0.15, 0.2) is 11.6 Å². The number of anilines is 2. The molecule has 33 heavy (non-hydrogen) atoms. The Morgan fingerprint density at radius 3 is 2.36 bits per heavy atom. The summed E-state index contributed by atoms with van der Waals surface area (Å²) in [7, 11) is 0. The van der Waals surface area contributed by atoms with Gasteiger partial charge in [0, 0.05) is 48.1 Å². The van der Waals surface area contributed by atoms with Gasteiger partial charge in [-0.05, 0) is 37.5 Å². The number of ketones is 1. The number of pyridine rings is 1. The number of nitrogens with one attached hydrogen (secondary N) is 1. The highest BCUT2D eigenvalue weighted by Crippen LogP contribution is 2.29. The molecule has 5 rings (SSSR count). The molecule has 3 heterocycles. The maximum Gasteiger partial charge on any atom is 0.161 e. The number of hydrogen-bond donors (Lipinski definition) is 1. The molecule has 1 fully saturated rings. The van der Waals surface area contributed by atoms with Crippen molar-refractivity contribution in [1.29, 1.82) is 0 Å². The van der Waals surface area contributed by atoms with E-state index in [4.69, 9.17) is 0 Å². The Hall–Kier alpha value is -3.80. The van der Waals surface area contributed by atoms with Crippen LogP contribution in [0.2, 0.25) is 0 Å². The molecule has 0 atom stereocenters. The molecule has 4 aromatic rings. The molecule has 6 heteroatoms. The molecule has 0 amide bonds. The SMILES string of the molecule is CC(=O)c1ccc(NC2CCN(c3nnc(Cc4ccccc4)c4ccccc34)CC2)nc1. The first kappa shape index (κ1) is 21.1. The Balaban J connectivity index is 1.29. The number of aromatic nitrogens is 3.